The van der Waals surface area contributed by atoms with E-state index >= 15 is 0 Å². The van der Waals surface area contributed by atoms with Crippen LogP contribution in [0.4, 0.5) is 0 Å². The van der Waals surface area contributed by atoms with Gasteiger partial charge in [0.25, 0.3) is 0 Å². The molecule has 1 saturated heterocycles. The summed E-state index contributed by atoms with van der Waals surface area (Å²) < 4.78 is 1.03. The minimum Gasteiger partial charge on any atom is -0.481 e. The second-order valence-corrected chi connectivity index (χ2v) is 7.41. The van der Waals surface area contributed by atoms with Crippen LogP contribution in [0.3, 0.4) is 0 Å². The van der Waals surface area contributed by atoms with E-state index in [2.05, 4.69) is 15.9 Å². The van der Waals surface area contributed by atoms with Gasteiger partial charge in [-0.25, -0.2) is 0 Å². The zero-order valence-corrected chi connectivity index (χ0v) is 13.5. The predicted molar refractivity (Wildman–Crippen MR) is 82.6 cm³/mol. The first-order valence-corrected chi connectivity index (χ1v) is 8.05. The van der Waals surface area contributed by atoms with E-state index in [1.54, 1.807) is 28.4 Å². The number of rotatable bonds is 3. The number of halogens is 1. The van der Waals surface area contributed by atoms with Gasteiger partial charge in [0.05, 0.1) is 9.70 Å². The molecule has 0 radical (unpaired) electrons. The summed E-state index contributed by atoms with van der Waals surface area (Å²) in [7, 11) is 0. The van der Waals surface area contributed by atoms with Crippen molar-refractivity contribution in [2.24, 2.45) is 5.92 Å². The molecule has 1 amide bonds. The Morgan fingerprint density at radius 2 is 2.25 bits per heavy atom. The van der Waals surface area contributed by atoms with Crippen molar-refractivity contribution in [1.29, 1.82) is 0 Å². The van der Waals surface area contributed by atoms with E-state index in [9.17, 15) is 9.59 Å². The van der Waals surface area contributed by atoms with Crippen LogP contribution in [-0.2, 0) is 9.59 Å². The zero-order chi connectivity index (χ0) is 14.7. The number of hydrogen-bond donors (Lipinski definition) is 1. The molecule has 2 atom stereocenters. The van der Waals surface area contributed by atoms with Gasteiger partial charge in [0.15, 0.2) is 0 Å². The van der Waals surface area contributed by atoms with Crippen molar-refractivity contribution in [3.8, 4) is 0 Å². The maximum atomic E-state index is 12.1. The van der Waals surface area contributed by atoms with Gasteiger partial charge in [0, 0.05) is 23.5 Å². The third-order valence-corrected chi connectivity index (χ3v) is 5.08. The predicted octanol–water partition coefficient (Wildman–Crippen LogP) is 3.24. The Bertz CT molecular complexity index is 540. The molecular formula is C14H16BrNO3S. The molecule has 1 fully saturated rings. The first-order chi connectivity index (χ1) is 9.47. The topological polar surface area (TPSA) is 57.6 Å². The molecule has 2 unspecified atom stereocenters. The smallest absolute Gasteiger partial charge is 0.306 e. The maximum Gasteiger partial charge on any atom is 0.306 e. The molecule has 0 saturated carbocycles. The van der Waals surface area contributed by atoms with Gasteiger partial charge in [0.1, 0.15) is 0 Å². The lowest BCUT2D eigenvalue weighted by Crippen LogP contribution is -2.45. The van der Waals surface area contributed by atoms with Crippen LogP contribution in [0.1, 0.15) is 24.6 Å². The van der Waals surface area contributed by atoms with E-state index in [0.717, 1.165) is 8.66 Å². The van der Waals surface area contributed by atoms with E-state index in [1.807, 2.05) is 19.1 Å². The van der Waals surface area contributed by atoms with Crippen molar-refractivity contribution < 1.29 is 14.7 Å². The van der Waals surface area contributed by atoms with E-state index < -0.39 is 5.97 Å². The van der Waals surface area contributed by atoms with Crippen LogP contribution in [0.5, 0.6) is 0 Å². The van der Waals surface area contributed by atoms with Crippen LogP contribution in [0.15, 0.2) is 22.0 Å². The molecule has 1 aliphatic rings. The van der Waals surface area contributed by atoms with E-state index in [0.29, 0.717) is 19.4 Å². The van der Waals surface area contributed by atoms with Crippen LogP contribution in [0, 0.1) is 5.92 Å². The fraction of sp³-hybridized carbons (Fsp3) is 0.429. The molecule has 0 bridgehead atoms. The third-order valence-electron chi connectivity index (χ3n) is 3.49. The van der Waals surface area contributed by atoms with E-state index in [1.165, 1.54) is 0 Å². The molecule has 6 heteroatoms. The standard InChI is InChI=1S/C14H16BrNO3S/c1-9-8-10(14(18)19)6-7-16(9)13(17)5-3-11-2-4-12(15)20-11/h2-5,9-10H,6-8H2,1H3,(H,18,19)/b5-3+. The highest BCUT2D eigenvalue weighted by atomic mass is 79.9. The highest BCUT2D eigenvalue weighted by Crippen LogP contribution is 2.25. The molecule has 1 aliphatic heterocycles. The molecule has 1 aromatic rings. The number of carbonyl (C=O) groups excluding carboxylic acids is 1. The van der Waals surface area contributed by atoms with Gasteiger partial charge in [0.2, 0.25) is 5.91 Å². The van der Waals surface area contributed by atoms with Gasteiger partial charge < -0.3 is 10.0 Å². The number of thiophene rings is 1. The van der Waals surface area contributed by atoms with Crippen molar-refractivity contribution >= 4 is 45.2 Å². The Kier molecular flexibility index (Phi) is 4.99. The number of likely N-dealkylation sites (tertiary alicyclic amines) is 1. The number of carbonyl (C=O) groups is 2. The van der Waals surface area contributed by atoms with Crippen LogP contribution < -0.4 is 0 Å². The summed E-state index contributed by atoms with van der Waals surface area (Å²) in [5, 5.41) is 9.01. The van der Waals surface area contributed by atoms with Crippen molar-refractivity contribution in [1.82, 2.24) is 4.90 Å². The lowest BCUT2D eigenvalue weighted by Gasteiger charge is -2.35. The molecule has 20 heavy (non-hydrogen) atoms. The molecule has 108 valence electrons. The second-order valence-electron chi connectivity index (χ2n) is 4.92. The Morgan fingerprint density at radius 1 is 1.50 bits per heavy atom. The van der Waals surface area contributed by atoms with Crippen molar-refractivity contribution in [3.05, 3.63) is 26.9 Å². The summed E-state index contributed by atoms with van der Waals surface area (Å²) in [6, 6.07) is 3.85. The lowest BCUT2D eigenvalue weighted by molar-refractivity contribution is -0.146. The van der Waals surface area contributed by atoms with Gasteiger partial charge in [-0.3, -0.25) is 9.59 Å². The molecule has 0 spiro atoms. The van der Waals surface area contributed by atoms with Gasteiger partial charge in [-0.05, 0) is 53.9 Å². The van der Waals surface area contributed by atoms with Crippen molar-refractivity contribution in [2.75, 3.05) is 6.54 Å². The summed E-state index contributed by atoms with van der Waals surface area (Å²) in [6.07, 6.45) is 4.42. The summed E-state index contributed by atoms with van der Waals surface area (Å²) in [6.45, 7) is 2.41. The Balaban J connectivity index is 1.96. The van der Waals surface area contributed by atoms with Crippen molar-refractivity contribution in [3.63, 3.8) is 0 Å². The molecule has 1 N–H and O–H groups in total. The molecule has 4 nitrogen and oxygen atoms in total. The average molecular weight is 358 g/mol. The van der Waals surface area contributed by atoms with Gasteiger partial charge >= 0.3 is 5.97 Å². The van der Waals surface area contributed by atoms with Crippen LogP contribution in [0.25, 0.3) is 6.08 Å². The molecule has 0 aromatic carbocycles. The number of piperidine rings is 1. The first-order valence-electron chi connectivity index (χ1n) is 6.44. The van der Waals surface area contributed by atoms with Crippen LogP contribution >= 0.6 is 27.3 Å². The number of hydrogen-bond acceptors (Lipinski definition) is 3. The fourth-order valence-corrected chi connectivity index (χ4v) is 3.72. The highest BCUT2D eigenvalue weighted by molar-refractivity contribution is 9.11. The number of carboxylic acid groups (broad SMARTS) is 1. The van der Waals surface area contributed by atoms with Gasteiger partial charge in [-0.15, -0.1) is 11.3 Å². The Hall–Kier alpha value is -1.14. The SMILES string of the molecule is CC1CC(C(=O)O)CCN1C(=O)/C=C/c1ccc(Br)s1. The van der Waals surface area contributed by atoms with E-state index in [-0.39, 0.29) is 17.9 Å². The van der Waals surface area contributed by atoms with Gasteiger partial charge in [-0.2, -0.15) is 0 Å². The van der Waals surface area contributed by atoms with Crippen LogP contribution in [0.2, 0.25) is 0 Å². The molecule has 2 heterocycles. The number of nitrogens with zero attached hydrogens (tertiary/aromatic N) is 1. The number of amides is 1. The number of aliphatic carboxylic acids is 1. The minimum absolute atomic E-state index is 0.0305. The number of carboxylic acids is 1. The third kappa shape index (κ3) is 3.70. The minimum atomic E-state index is -0.761. The molecule has 1 aromatic heterocycles. The van der Waals surface area contributed by atoms with Gasteiger partial charge in [-0.1, -0.05) is 0 Å². The Labute approximate surface area is 130 Å². The molecule has 0 aliphatic carbocycles. The molecular weight excluding hydrogens is 342 g/mol. The van der Waals surface area contributed by atoms with E-state index in [4.69, 9.17) is 5.11 Å². The average Bonchev–Trinajstić information content (AvgIpc) is 2.81. The summed E-state index contributed by atoms with van der Waals surface area (Å²) in [5.74, 6) is -1.14. The maximum absolute atomic E-state index is 12.1. The summed E-state index contributed by atoms with van der Waals surface area (Å²) in [5.41, 5.74) is 0. The Morgan fingerprint density at radius 3 is 2.80 bits per heavy atom. The van der Waals surface area contributed by atoms with Crippen molar-refractivity contribution in [2.45, 2.75) is 25.8 Å². The zero-order valence-electron chi connectivity index (χ0n) is 11.1. The summed E-state index contributed by atoms with van der Waals surface area (Å²) >= 11 is 4.94. The van der Waals surface area contributed by atoms with Crippen LogP contribution in [-0.4, -0.2) is 34.5 Å². The molecule has 2 rings (SSSR count). The summed E-state index contributed by atoms with van der Waals surface area (Å²) in [4.78, 5) is 25.9. The normalized spacial score (nSPS) is 23.2. The largest absolute Gasteiger partial charge is 0.481 e. The highest BCUT2D eigenvalue weighted by Gasteiger charge is 2.31. The lowest BCUT2D eigenvalue weighted by atomic mass is 9.91. The second kappa shape index (κ2) is 6.54. The monoisotopic (exact) mass is 357 g/mol. The first kappa shape index (κ1) is 15.3. The fourth-order valence-electron chi connectivity index (χ4n) is 2.39. The quantitative estimate of drug-likeness (QED) is 0.844.